The Hall–Kier alpha value is -1.96. The van der Waals surface area contributed by atoms with Crippen LogP contribution >= 0.6 is 11.3 Å². The smallest absolute Gasteiger partial charge is 0.275 e. The van der Waals surface area contributed by atoms with Crippen LogP contribution in [0.2, 0.25) is 0 Å². The van der Waals surface area contributed by atoms with Gasteiger partial charge in [0, 0.05) is 18.3 Å². The van der Waals surface area contributed by atoms with E-state index in [2.05, 4.69) is 10.1 Å². The van der Waals surface area contributed by atoms with Gasteiger partial charge in [0.1, 0.15) is 6.04 Å². The van der Waals surface area contributed by atoms with E-state index in [0.717, 1.165) is 25.7 Å². The average molecular weight is 319 g/mol. The number of aromatic nitrogens is 3. The van der Waals surface area contributed by atoms with E-state index in [0.29, 0.717) is 22.1 Å². The summed E-state index contributed by atoms with van der Waals surface area (Å²) < 4.78 is 1.30. The van der Waals surface area contributed by atoms with Gasteiger partial charge in [0.25, 0.3) is 5.56 Å². The Bertz CT molecular complexity index is 785. The molecule has 0 bridgehead atoms. The van der Waals surface area contributed by atoms with Crippen molar-refractivity contribution in [1.82, 2.24) is 14.6 Å². The third kappa shape index (κ3) is 2.01. The largest absolute Gasteiger partial charge is 0.368 e. The van der Waals surface area contributed by atoms with Crippen molar-refractivity contribution in [3.63, 3.8) is 0 Å². The Balaban J connectivity index is 1.81. The van der Waals surface area contributed by atoms with Gasteiger partial charge in [0.15, 0.2) is 0 Å². The molecule has 2 aliphatic rings. The maximum atomic E-state index is 11.9. The summed E-state index contributed by atoms with van der Waals surface area (Å²) in [5, 5.41) is 5.07. The first-order chi connectivity index (χ1) is 10.6. The zero-order valence-electron chi connectivity index (χ0n) is 12.0. The molecule has 2 aromatic rings. The van der Waals surface area contributed by atoms with E-state index in [-0.39, 0.29) is 17.5 Å². The molecular formula is C14H17N5O2S. The van der Waals surface area contributed by atoms with Crippen LogP contribution in [-0.2, 0) is 4.79 Å². The predicted octanol–water partition coefficient (Wildman–Crippen LogP) is 0.774. The fraction of sp³-hybridized carbons (Fsp3) is 0.571. The number of fused-ring (bicyclic) bond motifs is 2. The second kappa shape index (κ2) is 5.05. The van der Waals surface area contributed by atoms with E-state index in [1.165, 1.54) is 34.5 Å². The summed E-state index contributed by atoms with van der Waals surface area (Å²) in [6, 6.07) is 1.35. The Kier molecular flexibility index (Phi) is 3.14. The normalized spacial score (nSPS) is 28.0. The van der Waals surface area contributed by atoms with Gasteiger partial charge in [0.2, 0.25) is 16.0 Å². The monoisotopic (exact) mass is 319 g/mol. The van der Waals surface area contributed by atoms with Crippen molar-refractivity contribution in [1.29, 1.82) is 0 Å². The predicted molar refractivity (Wildman–Crippen MR) is 83.0 cm³/mol. The van der Waals surface area contributed by atoms with Crippen molar-refractivity contribution in [2.45, 2.75) is 44.2 Å². The highest BCUT2D eigenvalue weighted by atomic mass is 32.1. The fourth-order valence-corrected chi connectivity index (χ4v) is 4.81. The molecule has 1 aliphatic carbocycles. The molecule has 8 heteroatoms. The van der Waals surface area contributed by atoms with Crippen LogP contribution in [0.1, 0.15) is 32.1 Å². The van der Waals surface area contributed by atoms with Crippen LogP contribution in [0.3, 0.4) is 0 Å². The minimum absolute atomic E-state index is 0.206. The number of anilines is 1. The molecule has 3 atom stereocenters. The number of hydrogen-bond donors (Lipinski definition) is 1. The Morgan fingerprint density at radius 3 is 2.95 bits per heavy atom. The van der Waals surface area contributed by atoms with Gasteiger partial charge in [-0.15, -0.1) is 5.10 Å². The molecular weight excluding hydrogens is 302 g/mol. The summed E-state index contributed by atoms with van der Waals surface area (Å²) >= 11 is 1.34. The molecule has 116 valence electrons. The average Bonchev–Trinajstić information content (AvgIpc) is 3.08. The second-order valence-corrected chi connectivity index (χ2v) is 6.97. The summed E-state index contributed by atoms with van der Waals surface area (Å²) in [6.45, 7) is 0. The van der Waals surface area contributed by atoms with Crippen LogP contribution in [0.25, 0.3) is 4.96 Å². The third-order valence-electron chi connectivity index (χ3n) is 4.80. The van der Waals surface area contributed by atoms with Gasteiger partial charge in [-0.3, -0.25) is 9.59 Å². The van der Waals surface area contributed by atoms with E-state index in [1.807, 2.05) is 4.90 Å². The van der Waals surface area contributed by atoms with Gasteiger partial charge in [-0.25, -0.2) is 4.98 Å². The van der Waals surface area contributed by atoms with E-state index < -0.39 is 0 Å². The van der Waals surface area contributed by atoms with Crippen molar-refractivity contribution in [3.8, 4) is 0 Å². The molecule has 4 rings (SSSR count). The van der Waals surface area contributed by atoms with Gasteiger partial charge >= 0.3 is 0 Å². The van der Waals surface area contributed by atoms with E-state index in [1.54, 1.807) is 0 Å². The Morgan fingerprint density at radius 1 is 1.36 bits per heavy atom. The van der Waals surface area contributed by atoms with Gasteiger partial charge in [0.05, 0.1) is 0 Å². The first-order valence-electron chi connectivity index (χ1n) is 7.57. The lowest BCUT2D eigenvalue weighted by Crippen LogP contribution is -2.45. The SMILES string of the molecule is NC(=O)[C@@H]1C[C@@H]2CCCC[C@@H]2N1c1nn2c(=O)ccnc2s1. The highest BCUT2D eigenvalue weighted by molar-refractivity contribution is 7.20. The molecule has 2 fully saturated rings. The number of carbonyl (C=O) groups is 1. The van der Waals surface area contributed by atoms with E-state index in [4.69, 9.17) is 5.73 Å². The molecule has 0 radical (unpaired) electrons. The molecule has 1 amide bonds. The summed E-state index contributed by atoms with van der Waals surface area (Å²) in [5.74, 6) is 0.178. The highest BCUT2D eigenvalue weighted by Crippen LogP contribution is 2.43. The molecule has 2 aromatic heterocycles. The van der Waals surface area contributed by atoms with Gasteiger partial charge in [-0.2, -0.15) is 4.52 Å². The van der Waals surface area contributed by atoms with E-state index in [9.17, 15) is 9.59 Å². The van der Waals surface area contributed by atoms with Crippen molar-refractivity contribution in [3.05, 3.63) is 22.6 Å². The van der Waals surface area contributed by atoms with Crippen LogP contribution in [0.5, 0.6) is 0 Å². The van der Waals surface area contributed by atoms with E-state index >= 15 is 0 Å². The van der Waals surface area contributed by atoms with Crippen LogP contribution < -0.4 is 16.2 Å². The second-order valence-electron chi connectivity index (χ2n) is 6.04. The van der Waals surface area contributed by atoms with Gasteiger partial charge in [-0.05, 0) is 25.2 Å². The highest BCUT2D eigenvalue weighted by Gasteiger charge is 2.45. The standard InChI is InChI=1S/C14H17N5O2S/c15-12(21)10-7-8-3-1-2-4-9(8)18(10)14-17-19-11(20)5-6-16-13(19)22-14/h5-6,8-10H,1-4,7H2,(H2,15,21)/t8-,9-,10-/m0/s1. The molecule has 0 unspecified atom stereocenters. The number of nitrogens with zero attached hydrogens (tertiary/aromatic N) is 4. The van der Waals surface area contributed by atoms with Crippen molar-refractivity contribution >= 4 is 27.3 Å². The maximum absolute atomic E-state index is 11.9. The topological polar surface area (TPSA) is 93.6 Å². The summed E-state index contributed by atoms with van der Waals surface area (Å²) in [4.78, 5) is 30.5. The third-order valence-corrected chi connectivity index (χ3v) is 5.73. The number of primary amides is 1. The minimum Gasteiger partial charge on any atom is -0.368 e. The number of carbonyl (C=O) groups excluding carboxylic acids is 1. The number of rotatable bonds is 2. The zero-order valence-corrected chi connectivity index (χ0v) is 12.8. The molecule has 0 aromatic carbocycles. The molecule has 22 heavy (non-hydrogen) atoms. The lowest BCUT2D eigenvalue weighted by Gasteiger charge is -2.32. The number of amides is 1. The number of nitrogens with two attached hydrogens (primary N) is 1. The first kappa shape index (κ1) is 13.7. The first-order valence-corrected chi connectivity index (χ1v) is 8.39. The molecule has 7 nitrogen and oxygen atoms in total. The van der Waals surface area contributed by atoms with Crippen LogP contribution in [-0.4, -0.2) is 32.6 Å². The Labute approximate surface area is 130 Å². The lowest BCUT2D eigenvalue weighted by atomic mass is 9.85. The molecule has 2 N–H and O–H groups in total. The maximum Gasteiger partial charge on any atom is 0.275 e. The van der Waals surface area contributed by atoms with Gasteiger partial charge < -0.3 is 10.6 Å². The molecule has 1 aliphatic heterocycles. The van der Waals surface area contributed by atoms with Gasteiger partial charge in [-0.1, -0.05) is 24.2 Å². The minimum atomic E-state index is -0.329. The summed E-state index contributed by atoms with van der Waals surface area (Å²) in [6.07, 6.45) is 6.82. The quantitative estimate of drug-likeness (QED) is 0.882. The lowest BCUT2D eigenvalue weighted by molar-refractivity contribution is -0.119. The molecule has 3 heterocycles. The van der Waals surface area contributed by atoms with Crippen LogP contribution in [0.15, 0.2) is 17.1 Å². The van der Waals surface area contributed by atoms with Crippen LogP contribution in [0, 0.1) is 5.92 Å². The fourth-order valence-electron chi connectivity index (χ4n) is 3.83. The van der Waals surface area contributed by atoms with Crippen molar-refractivity contribution < 1.29 is 4.79 Å². The molecule has 1 saturated carbocycles. The molecule has 1 saturated heterocycles. The Morgan fingerprint density at radius 2 is 2.18 bits per heavy atom. The van der Waals surface area contributed by atoms with Crippen molar-refractivity contribution in [2.75, 3.05) is 4.90 Å². The summed E-state index contributed by atoms with van der Waals surface area (Å²) in [7, 11) is 0. The van der Waals surface area contributed by atoms with Crippen molar-refractivity contribution in [2.24, 2.45) is 11.7 Å². The summed E-state index contributed by atoms with van der Waals surface area (Å²) in [5.41, 5.74) is 5.41. The zero-order chi connectivity index (χ0) is 15.3. The number of hydrogen-bond acceptors (Lipinski definition) is 6. The molecule has 0 spiro atoms. The van der Waals surface area contributed by atoms with Crippen LogP contribution in [0.4, 0.5) is 5.13 Å².